The fourth-order valence-corrected chi connectivity index (χ4v) is 8.12. The summed E-state index contributed by atoms with van der Waals surface area (Å²) in [7, 11) is 0. The quantitative estimate of drug-likeness (QED) is 0.0455. The average Bonchev–Trinajstić information content (AvgIpc) is 3.79. The zero-order valence-electron chi connectivity index (χ0n) is 23.1. The van der Waals surface area contributed by atoms with Gasteiger partial charge in [0.15, 0.2) is 10.8 Å². The standard InChI is InChI=1S/C25H19N9O8S4/c1-9-5-13(34-25(27-9)30-17(31-34)22(39)40)44-6-10-7-45-20-15(19(36)33(20)16(10)21(37)38)29-18(35)14(11-8-46-24(26)28-11)32-42-23(41)12-3-2-4-43-12/h2-5,8,15,20H,6-7H2,1H3,(H2,26,28)(H,29,35)(H,37,38)(H,39,40)/t15-,20-/m1/s1. The number of thiophene rings is 1. The van der Waals surface area contributed by atoms with Gasteiger partial charge in [0.25, 0.3) is 23.4 Å². The molecule has 0 bridgehead atoms. The molecule has 5 N–H and O–H groups in total. The van der Waals surface area contributed by atoms with Crippen LogP contribution < -0.4 is 11.1 Å². The number of carboxylic acids is 2. The summed E-state index contributed by atoms with van der Waals surface area (Å²) >= 11 is 4.57. The molecule has 0 saturated carbocycles. The van der Waals surface area contributed by atoms with E-state index in [-0.39, 0.29) is 38.7 Å². The highest BCUT2D eigenvalue weighted by atomic mass is 32.2. The van der Waals surface area contributed by atoms with Crippen molar-refractivity contribution >= 4 is 92.5 Å². The van der Waals surface area contributed by atoms with Crippen molar-refractivity contribution < 1.29 is 39.0 Å². The summed E-state index contributed by atoms with van der Waals surface area (Å²) < 4.78 is 1.26. The van der Waals surface area contributed by atoms with E-state index in [0.717, 1.165) is 27.6 Å². The zero-order chi connectivity index (χ0) is 32.7. The fourth-order valence-electron chi connectivity index (χ4n) is 4.44. The molecule has 2 amide bonds. The number of hydrogen-bond donors (Lipinski definition) is 4. The maximum atomic E-state index is 13.3. The number of fused-ring (bicyclic) bond motifs is 2. The number of hydrogen-bond acceptors (Lipinski definition) is 16. The third-order valence-corrected chi connectivity index (χ3v) is 10.4. The Morgan fingerprint density at radius 3 is 2.67 bits per heavy atom. The van der Waals surface area contributed by atoms with Gasteiger partial charge in [0.1, 0.15) is 32.7 Å². The Bertz CT molecular complexity index is 1990. The lowest BCUT2D eigenvalue weighted by atomic mass is 10.0. The molecule has 2 atom stereocenters. The van der Waals surface area contributed by atoms with E-state index in [0.29, 0.717) is 16.3 Å². The van der Waals surface area contributed by atoms with Gasteiger partial charge in [0, 0.05) is 22.6 Å². The van der Waals surface area contributed by atoms with Crippen LogP contribution in [0.25, 0.3) is 5.78 Å². The van der Waals surface area contributed by atoms with E-state index in [9.17, 15) is 34.2 Å². The van der Waals surface area contributed by atoms with Crippen LogP contribution in [0.5, 0.6) is 0 Å². The Kier molecular flexibility index (Phi) is 8.46. The normalized spacial score (nSPS) is 17.9. The molecule has 6 heterocycles. The number of oxime groups is 1. The maximum absolute atomic E-state index is 13.3. The third kappa shape index (κ3) is 5.91. The highest BCUT2D eigenvalue weighted by Gasteiger charge is 2.54. The predicted octanol–water partition coefficient (Wildman–Crippen LogP) is 1.32. The van der Waals surface area contributed by atoms with E-state index in [2.05, 4.69) is 30.5 Å². The monoisotopic (exact) mass is 701 g/mol. The number of rotatable bonds is 10. The number of nitrogens with two attached hydrogens (primary N) is 1. The Morgan fingerprint density at radius 2 is 2.00 bits per heavy atom. The Balaban J connectivity index is 1.20. The van der Waals surface area contributed by atoms with Crippen LogP contribution in [0.1, 0.15) is 31.7 Å². The summed E-state index contributed by atoms with van der Waals surface area (Å²) in [5.74, 6) is -5.02. The van der Waals surface area contributed by atoms with Crippen LogP contribution in [-0.4, -0.2) is 98.0 Å². The maximum Gasteiger partial charge on any atom is 0.375 e. The van der Waals surface area contributed by atoms with Gasteiger partial charge in [-0.05, 0) is 30.0 Å². The minimum Gasteiger partial charge on any atom is -0.477 e. The number of aromatic nitrogens is 5. The first-order valence-corrected chi connectivity index (χ1v) is 16.7. The molecule has 2 aliphatic rings. The Morgan fingerprint density at radius 1 is 1.20 bits per heavy atom. The molecule has 0 radical (unpaired) electrons. The summed E-state index contributed by atoms with van der Waals surface area (Å²) in [5.41, 5.74) is 6.10. The lowest BCUT2D eigenvalue weighted by Crippen LogP contribution is -2.71. The number of thiazole rings is 1. The van der Waals surface area contributed by atoms with Crippen molar-refractivity contribution in [1.82, 2.24) is 34.8 Å². The van der Waals surface area contributed by atoms with E-state index < -0.39 is 52.7 Å². The molecule has 4 aromatic rings. The second-order valence-corrected chi connectivity index (χ2v) is 13.4. The Hall–Kier alpha value is -4.86. The fraction of sp³-hybridized carbons (Fsp3) is 0.200. The van der Waals surface area contributed by atoms with Crippen LogP contribution in [0.4, 0.5) is 5.13 Å². The molecule has 17 nitrogen and oxygen atoms in total. The number of thioether (sulfide) groups is 2. The van der Waals surface area contributed by atoms with Gasteiger partial charge in [0.05, 0.1) is 0 Å². The number of nitrogens with one attached hydrogen (secondary N) is 1. The van der Waals surface area contributed by atoms with Gasteiger partial charge in [-0.25, -0.2) is 24.4 Å². The topological polar surface area (TPSA) is 245 Å². The number of aromatic carboxylic acids is 1. The number of carboxylic acid groups (broad SMARTS) is 2. The van der Waals surface area contributed by atoms with Gasteiger partial charge in [0.2, 0.25) is 0 Å². The molecule has 0 spiro atoms. The van der Waals surface area contributed by atoms with Crippen molar-refractivity contribution in [2.45, 2.75) is 23.4 Å². The van der Waals surface area contributed by atoms with Crippen LogP contribution in [0.15, 0.2) is 50.4 Å². The molecule has 1 saturated heterocycles. The first-order valence-electron chi connectivity index (χ1n) is 12.9. The highest BCUT2D eigenvalue weighted by Crippen LogP contribution is 2.41. The first-order chi connectivity index (χ1) is 22.0. The van der Waals surface area contributed by atoms with Gasteiger partial charge in [-0.2, -0.15) is 9.50 Å². The second-order valence-electron chi connectivity index (χ2n) is 9.46. The SMILES string of the molecule is Cc1cc(SCC2=C(C(=O)O)N3C(=O)[C@@H](NC(=O)C(=NOC(=O)c4cccs4)c4csc(N)n4)[C@H]3SC2)n2nc(C(=O)O)nc2n1. The molecule has 0 aromatic carbocycles. The average molecular weight is 702 g/mol. The van der Waals surface area contributed by atoms with Crippen molar-refractivity contribution in [3.8, 4) is 0 Å². The molecule has 236 valence electrons. The van der Waals surface area contributed by atoms with Crippen molar-refractivity contribution in [2.75, 3.05) is 17.2 Å². The van der Waals surface area contributed by atoms with E-state index in [1.54, 1.807) is 24.4 Å². The summed E-state index contributed by atoms with van der Waals surface area (Å²) in [6.45, 7) is 1.70. The van der Waals surface area contributed by atoms with Crippen molar-refractivity contribution in [1.29, 1.82) is 0 Å². The number of β-lactam (4-membered cyclic amide) rings is 1. The molecule has 1 fully saturated rings. The predicted molar refractivity (Wildman–Crippen MR) is 166 cm³/mol. The molecule has 0 aliphatic carbocycles. The van der Waals surface area contributed by atoms with Crippen molar-refractivity contribution in [3.05, 3.63) is 62.3 Å². The number of nitrogen functional groups attached to an aromatic ring is 1. The highest BCUT2D eigenvalue weighted by molar-refractivity contribution is 8.01. The molecule has 2 aliphatic heterocycles. The van der Waals surface area contributed by atoms with Crippen LogP contribution in [0.3, 0.4) is 0 Å². The number of amides is 2. The smallest absolute Gasteiger partial charge is 0.375 e. The number of carbonyl (C=O) groups excluding carboxylic acids is 3. The minimum atomic E-state index is -1.33. The largest absolute Gasteiger partial charge is 0.477 e. The number of aryl methyl sites for hydroxylation is 1. The van der Waals surface area contributed by atoms with Crippen molar-refractivity contribution in [2.24, 2.45) is 5.16 Å². The Labute approximate surface area is 273 Å². The minimum absolute atomic E-state index is 0.0210. The van der Waals surface area contributed by atoms with Crippen LogP contribution in [0, 0.1) is 6.92 Å². The third-order valence-electron chi connectivity index (χ3n) is 6.45. The summed E-state index contributed by atoms with van der Waals surface area (Å²) in [6, 6.07) is 3.72. The van der Waals surface area contributed by atoms with E-state index in [4.69, 9.17) is 10.6 Å². The lowest BCUT2D eigenvalue weighted by Gasteiger charge is -2.49. The van der Waals surface area contributed by atoms with E-state index in [1.807, 2.05) is 0 Å². The zero-order valence-corrected chi connectivity index (χ0v) is 26.4. The summed E-state index contributed by atoms with van der Waals surface area (Å²) in [6.07, 6.45) is 0. The van der Waals surface area contributed by atoms with Gasteiger partial charge < -0.3 is 26.1 Å². The van der Waals surface area contributed by atoms with Crippen molar-refractivity contribution in [3.63, 3.8) is 0 Å². The van der Waals surface area contributed by atoms with Crippen LogP contribution in [-0.2, 0) is 19.2 Å². The molecule has 46 heavy (non-hydrogen) atoms. The number of nitrogens with zero attached hydrogens (tertiary/aromatic N) is 7. The van der Waals surface area contributed by atoms with Gasteiger partial charge >= 0.3 is 17.9 Å². The molecule has 21 heteroatoms. The molecule has 4 aromatic heterocycles. The van der Waals surface area contributed by atoms with E-state index >= 15 is 0 Å². The molecule has 6 rings (SSSR count). The number of carbonyl (C=O) groups is 5. The molecule has 0 unspecified atom stereocenters. The lowest BCUT2D eigenvalue weighted by molar-refractivity contribution is -0.150. The van der Waals surface area contributed by atoms with Crippen LogP contribution >= 0.6 is 46.2 Å². The number of anilines is 1. The van der Waals surface area contributed by atoms with Gasteiger partial charge in [-0.15, -0.1) is 51.3 Å². The van der Waals surface area contributed by atoms with Gasteiger partial charge in [-0.3, -0.25) is 14.5 Å². The van der Waals surface area contributed by atoms with E-state index in [1.165, 1.54) is 39.5 Å². The molecular formula is C25H19N9O8S4. The second kappa shape index (κ2) is 12.5. The molecular weight excluding hydrogens is 683 g/mol. The summed E-state index contributed by atoms with van der Waals surface area (Å²) in [5, 5.41) is 32.6. The first kappa shape index (κ1) is 31.1. The summed E-state index contributed by atoms with van der Waals surface area (Å²) in [4.78, 5) is 81.1. The van der Waals surface area contributed by atoms with Crippen LogP contribution in [0.2, 0.25) is 0 Å². The number of aliphatic carboxylic acids is 1. The van der Waals surface area contributed by atoms with Gasteiger partial charge in [-0.1, -0.05) is 11.2 Å².